The molecule has 4 heteroatoms. The van der Waals surface area contributed by atoms with Gasteiger partial charge < -0.3 is 15.4 Å². The molecule has 1 fully saturated rings. The average Bonchev–Trinajstić information content (AvgIpc) is 2.15. The number of morpholine rings is 1. The van der Waals surface area contributed by atoms with Crippen molar-refractivity contribution in [2.75, 3.05) is 13.1 Å². The van der Waals surface area contributed by atoms with Gasteiger partial charge in [0, 0.05) is 13.1 Å². The largest absolute Gasteiger partial charge is 0.372 e. The summed E-state index contributed by atoms with van der Waals surface area (Å²) in [7, 11) is 0. The first-order chi connectivity index (χ1) is 6.54. The molecule has 4 nitrogen and oxygen atoms in total. The van der Waals surface area contributed by atoms with Gasteiger partial charge in [0.05, 0.1) is 18.2 Å². The minimum Gasteiger partial charge on any atom is -0.372 e. The van der Waals surface area contributed by atoms with Crippen LogP contribution >= 0.6 is 0 Å². The van der Waals surface area contributed by atoms with Crippen LogP contribution in [-0.4, -0.2) is 42.1 Å². The molecule has 1 saturated heterocycles. The van der Waals surface area contributed by atoms with E-state index in [1.54, 1.807) is 6.92 Å². The summed E-state index contributed by atoms with van der Waals surface area (Å²) in [5.74, 6) is 0.0265. The standard InChI is InChI=1S/C10H20N2O2/c1-4-9-6-12(5-7(2)14-9)10(13)8(3)11/h7-9H,4-6,11H2,1-3H3. The van der Waals surface area contributed by atoms with E-state index in [9.17, 15) is 4.79 Å². The molecule has 0 spiro atoms. The van der Waals surface area contributed by atoms with Crippen molar-refractivity contribution < 1.29 is 9.53 Å². The first-order valence-electron chi connectivity index (χ1n) is 5.24. The van der Waals surface area contributed by atoms with Crippen LogP contribution in [0.2, 0.25) is 0 Å². The fourth-order valence-corrected chi connectivity index (χ4v) is 1.74. The highest BCUT2D eigenvalue weighted by molar-refractivity contribution is 5.81. The van der Waals surface area contributed by atoms with Crippen LogP contribution in [-0.2, 0) is 9.53 Å². The molecule has 1 heterocycles. The SMILES string of the molecule is CCC1CN(C(=O)C(C)N)CC(C)O1. The average molecular weight is 200 g/mol. The fraction of sp³-hybridized carbons (Fsp3) is 0.900. The second-order valence-corrected chi connectivity index (χ2v) is 4.01. The van der Waals surface area contributed by atoms with Gasteiger partial charge in [-0.25, -0.2) is 0 Å². The van der Waals surface area contributed by atoms with Crippen LogP contribution in [0.3, 0.4) is 0 Å². The molecule has 14 heavy (non-hydrogen) atoms. The van der Waals surface area contributed by atoms with Crippen molar-refractivity contribution in [2.45, 2.75) is 45.4 Å². The molecule has 1 amide bonds. The lowest BCUT2D eigenvalue weighted by Gasteiger charge is -2.37. The van der Waals surface area contributed by atoms with Gasteiger partial charge in [0.15, 0.2) is 0 Å². The third kappa shape index (κ3) is 2.69. The second kappa shape index (κ2) is 4.75. The van der Waals surface area contributed by atoms with Gasteiger partial charge in [-0.3, -0.25) is 4.79 Å². The Morgan fingerprint density at radius 1 is 1.64 bits per heavy atom. The van der Waals surface area contributed by atoms with Gasteiger partial charge in [0.25, 0.3) is 0 Å². The molecule has 2 N–H and O–H groups in total. The Morgan fingerprint density at radius 2 is 2.29 bits per heavy atom. The van der Waals surface area contributed by atoms with E-state index in [0.29, 0.717) is 13.1 Å². The molecule has 1 rings (SSSR count). The van der Waals surface area contributed by atoms with Crippen LogP contribution in [0.25, 0.3) is 0 Å². The third-order valence-corrected chi connectivity index (χ3v) is 2.48. The molecule has 0 bridgehead atoms. The highest BCUT2D eigenvalue weighted by Crippen LogP contribution is 2.13. The van der Waals surface area contributed by atoms with E-state index in [0.717, 1.165) is 6.42 Å². The van der Waals surface area contributed by atoms with E-state index in [-0.39, 0.29) is 18.1 Å². The van der Waals surface area contributed by atoms with Gasteiger partial charge in [-0.1, -0.05) is 6.92 Å². The van der Waals surface area contributed by atoms with Gasteiger partial charge in [-0.05, 0) is 20.3 Å². The van der Waals surface area contributed by atoms with Gasteiger partial charge in [0.2, 0.25) is 5.91 Å². The maximum absolute atomic E-state index is 11.7. The second-order valence-electron chi connectivity index (χ2n) is 4.01. The van der Waals surface area contributed by atoms with Crippen LogP contribution in [0.1, 0.15) is 27.2 Å². The van der Waals surface area contributed by atoms with E-state index in [1.165, 1.54) is 0 Å². The zero-order valence-electron chi connectivity index (χ0n) is 9.19. The smallest absolute Gasteiger partial charge is 0.239 e. The maximum atomic E-state index is 11.7. The third-order valence-electron chi connectivity index (χ3n) is 2.48. The molecule has 0 aromatic rings. The van der Waals surface area contributed by atoms with Crippen LogP contribution in [0.4, 0.5) is 0 Å². The predicted molar refractivity (Wildman–Crippen MR) is 54.9 cm³/mol. The van der Waals surface area contributed by atoms with E-state index >= 15 is 0 Å². The monoisotopic (exact) mass is 200 g/mol. The lowest BCUT2D eigenvalue weighted by atomic mass is 10.1. The Bertz CT molecular complexity index is 206. The van der Waals surface area contributed by atoms with Crippen molar-refractivity contribution >= 4 is 5.91 Å². The lowest BCUT2D eigenvalue weighted by molar-refractivity contribution is -0.145. The molecule has 0 aliphatic carbocycles. The number of hydrogen-bond acceptors (Lipinski definition) is 3. The summed E-state index contributed by atoms with van der Waals surface area (Å²) >= 11 is 0. The number of ether oxygens (including phenoxy) is 1. The van der Waals surface area contributed by atoms with Crippen LogP contribution < -0.4 is 5.73 Å². The zero-order chi connectivity index (χ0) is 10.7. The van der Waals surface area contributed by atoms with Gasteiger partial charge in [-0.15, -0.1) is 0 Å². The van der Waals surface area contributed by atoms with Crippen molar-refractivity contribution in [1.82, 2.24) is 4.90 Å². The Balaban J connectivity index is 2.57. The summed E-state index contributed by atoms with van der Waals surface area (Å²) in [5, 5.41) is 0. The first-order valence-corrected chi connectivity index (χ1v) is 5.24. The number of amides is 1. The van der Waals surface area contributed by atoms with Crippen LogP contribution in [0, 0.1) is 0 Å². The fourth-order valence-electron chi connectivity index (χ4n) is 1.74. The van der Waals surface area contributed by atoms with E-state index in [2.05, 4.69) is 6.92 Å². The summed E-state index contributed by atoms with van der Waals surface area (Å²) in [6.07, 6.45) is 1.23. The topological polar surface area (TPSA) is 55.6 Å². The normalized spacial score (nSPS) is 30.1. The molecule has 82 valence electrons. The first kappa shape index (κ1) is 11.5. The molecule has 1 aliphatic heterocycles. The summed E-state index contributed by atoms with van der Waals surface area (Å²) in [6.45, 7) is 7.13. The van der Waals surface area contributed by atoms with Gasteiger partial charge in [-0.2, -0.15) is 0 Å². The Kier molecular flexibility index (Phi) is 3.89. The van der Waals surface area contributed by atoms with Crippen molar-refractivity contribution in [1.29, 1.82) is 0 Å². The van der Waals surface area contributed by atoms with Crippen molar-refractivity contribution in [2.24, 2.45) is 5.73 Å². The molecule has 1 aliphatic rings. The Labute approximate surface area is 85.4 Å². The summed E-state index contributed by atoms with van der Waals surface area (Å²) in [6, 6.07) is -0.405. The Hall–Kier alpha value is -0.610. The van der Waals surface area contributed by atoms with Crippen molar-refractivity contribution in [3.8, 4) is 0 Å². The maximum Gasteiger partial charge on any atom is 0.239 e. The van der Waals surface area contributed by atoms with Gasteiger partial charge in [0.1, 0.15) is 0 Å². The van der Waals surface area contributed by atoms with Crippen molar-refractivity contribution in [3.05, 3.63) is 0 Å². The highest BCUT2D eigenvalue weighted by Gasteiger charge is 2.28. The molecular formula is C10H20N2O2. The predicted octanol–water partition coefficient (Wildman–Crippen LogP) is 0.360. The number of carbonyl (C=O) groups is 1. The lowest BCUT2D eigenvalue weighted by Crippen LogP contribution is -2.52. The summed E-state index contributed by atoms with van der Waals surface area (Å²) in [4.78, 5) is 13.5. The van der Waals surface area contributed by atoms with E-state index in [1.807, 2.05) is 11.8 Å². The summed E-state index contributed by atoms with van der Waals surface area (Å²) in [5.41, 5.74) is 5.57. The van der Waals surface area contributed by atoms with Crippen LogP contribution in [0.5, 0.6) is 0 Å². The van der Waals surface area contributed by atoms with Crippen LogP contribution in [0.15, 0.2) is 0 Å². The molecule has 0 aromatic carbocycles. The minimum absolute atomic E-state index is 0.0265. The van der Waals surface area contributed by atoms with Gasteiger partial charge >= 0.3 is 0 Å². The number of nitrogens with two attached hydrogens (primary N) is 1. The zero-order valence-corrected chi connectivity index (χ0v) is 9.19. The highest BCUT2D eigenvalue weighted by atomic mass is 16.5. The number of nitrogens with zero attached hydrogens (tertiary/aromatic N) is 1. The number of hydrogen-bond donors (Lipinski definition) is 1. The number of carbonyl (C=O) groups excluding carboxylic acids is 1. The molecular weight excluding hydrogens is 180 g/mol. The van der Waals surface area contributed by atoms with E-state index in [4.69, 9.17) is 10.5 Å². The molecule has 3 atom stereocenters. The minimum atomic E-state index is -0.405. The molecule has 0 saturated carbocycles. The van der Waals surface area contributed by atoms with Crippen molar-refractivity contribution in [3.63, 3.8) is 0 Å². The van der Waals surface area contributed by atoms with E-state index < -0.39 is 6.04 Å². The number of rotatable bonds is 2. The molecule has 3 unspecified atom stereocenters. The molecule has 0 radical (unpaired) electrons. The quantitative estimate of drug-likeness (QED) is 0.700. The Morgan fingerprint density at radius 3 is 2.79 bits per heavy atom. The summed E-state index contributed by atoms with van der Waals surface area (Å²) < 4.78 is 5.66. The molecule has 0 aromatic heterocycles.